The Bertz CT molecular complexity index is 461. The van der Waals surface area contributed by atoms with Crippen LogP contribution in [0.3, 0.4) is 0 Å². The SMILES string of the molecule is CC.CCC(c1cccc(Cl)c1)c1cccc(Cl)c1. The maximum atomic E-state index is 6.04. The maximum absolute atomic E-state index is 6.04. The largest absolute Gasteiger partial charge is 0.0843 e. The molecule has 2 aromatic rings. The van der Waals surface area contributed by atoms with Crippen molar-refractivity contribution in [1.82, 2.24) is 0 Å². The molecule has 19 heavy (non-hydrogen) atoms. The van der Waals surface area contributed by atoms with E-state index in [0.717, 1.165) is 16.5 Å². The lowest BCUT2D eigenvalue weighted by atomic mass is 9.89. The molecule has 0 aromatic heterocycles. The number of hydrogen-bond donors (Lipinski definition) is 0. The Kier molecular flexibility index (Phi) is 6.97. The van der Waals surface area contributed by atoms with Crippen molar-refractivity contribution in [3.05, 3.63) is 69.7 Å². The third-order valence-electron chi connectivity index (χ3n) is 2.91. The second kappa shape index (κ2) is 8.24. The summed E-state index contributed by atoms with van der Waals surface area (Å²) >= 11 is 12.1. The summed E-state index contributed by atoms with van der Waals surface area (Å²) in [6.45, 7) is 6.17. The smallest absolute Gasteiger partial charge is 0.0408 e. The van der Waals surface area contributed by atoms with Crippen LogP contribution in [0.5, 0.6) is 0 Å². The Morgan fingerprint density at radius 2 is 1.26 bits per heavy atom. The van der Waals surface area contributed by atoms with Gasteiger partial charge in [0.15, 0.2) is 0 Å². The predicted molar refractivity (Wildman–Crippen MR) is 86.4 cm³/mol. The minimum Gasteiger partial charge on any atom is -0.0843 e. The average molecular weight is 295 g/mol. The topological polar surface area (TPSA) is 0 Å². The van der Waals surface area contributed by atoms with Crippen molar-refractivity contribution in [2.24, 2.45) is 0 Å². The van der Waals surface area contributed by atoms with Crippen molar-refractivity contribution in [1.29, 1.82) is 0 Å². The first-order valence-electron chi connectivity index (χ1n) is 6.71. The minimum absolute atomic E-state index is 0.354. The van der Waals surface area contributed by atoms with Crippen LogP contribution in [0.1, 0.15) is 44.2 Å². The van der Waals surface area contributed by atoms with Gasteiger partial charge in [-0.2, -0.15) is 0 Å². The fourth-order valence-electron chi connectivity index (χ4n) is 2.11. The molecule has 0 spiro atoms. The minimum atomic E-state index is 0.354. The summed E-state index contributed by atoms with van der Waals surface area (Å²) in [5.74, 6) is 0.354. The first-order chi connectivity index (χ1) is 9.20. The Morgan fingerprint density at radius 1 is 0.842 bits per heavy atom. The third-order valence-corrected chi connectivity index (χ3v) is 3.38. The molecule has 0 N–H and O–H groups in total. The quantitative estimate of drug-likeness (QED) is 0.601. The van der Waals surface area contributed by atoms with Gasteiger partial charge in [0, 0.05) is 16.0 Å². The van der Waals surface area contributed by atoms with Gasteiger partial charge in [0.25, 0.3) is 0 Å². The summed E-state index contributed by atoms with van der Waals surface area (Å²) in [6, 6.07) is 16.1. The Balaban J connectivity index is 0.000000861. The maximum Gasteiger partial charge on any atom is 0.0408 e. The fraction of sp³-hybridized carbons (Fsp3) is 0.294. The molecule has 2 rings (SSSR count). The van der Waals surface area contributed by atoms with Crippen molar-refractivity contribution >= 4 is 23.2 Å². The van der Waals surface area contributed by atoms with E-state index in [1.807, 2.05) is 50.2 Å². The van der Waals surface area contributed by atoms with Gasteiger partial charge in [-0.1, -0.05) is 68.2 Å². The first kappa shape index (κ1) is 16.1. The Hall–Kier alpha value is -0.980. The molecule has 0 aliphatic rings. The molecule has 0 saturated heterocycles. The highest BCUT2D eigenvalue weighted by molar-refractivity contribution is 6.31. The summed E-state index contributed by atoms with van der Waals surface area (Å²) in [6.07, 6.45) is 1.03. The molecule has 0 atom stereocenters. The zero-order chi connectivity index (χ0) is 14.3. The van der Waals surface area contributed by atoms with Crippen LogP contribution in [0.15, 0.2) is 48.5 Å². The molecule has 0 radical (unpaired) electrons. The average Bonchev–Trinajstić information content (AvgIpc) is 2.42. The molecule has 0 bridgehead atoms. The monoisotopic (exact) mass is 294 g/mol. The van der Waals surface area contributed by atoms with E-state index in [4.69, 9.17) is 23.2 Å². The summed E-state index contributed by atoms with van der Waals surface area (Å²) in [7, 11) is 0. The van der Waals surface area contributed by atoms with E-state index in [0.29, 0.717) is 5.92 Å². The molecule has 0 nitrogen and oxygen atoms in total. The summed E-state index contributed by atoms with van der Waals surface area (Å²) < 4.78 is 0. The molecule has 2 aromatic carbocycles. The summed E-state index contributed by atoms with van der Waals surface area (Å²) in [5.41, 5.74) is 2.48. The van der Waals surface area contributed by atoms with Gasteiger partial charge in [-0.25, -0.2) is 0 Å². The van der Waals surface area contributed by atoms with E-state index in [9.17, 15) is 0 Å². The van der Waals surface area contributed by atoms with Gasteiger partial charge in [-0.3, -0.25) is 0 Å². The van der Waals surface area contributed by atoms with Gasteiger partial charge in [0.05, 0.1) is 0 Å². The summed E-state index contributed by atoms with van der Waals surface area (Å²) in [4.78, 5) is 0. The molecular weight excluding hydrogens is 275 g/mol. The van der Waals surface area contributed by atoms with Crippen LogP contribution < -0.4 is 0 Å². The van der Waals surface area contributed by atoms with Crippen molar-refractivity contribution in [3.8, 4) is 0 Å². The van der Waals surface area contributed by atoms with Crippen LogP contribution in [0.2, 0.25) is 10.0 Å². The van der Waals surface area contributed by atoms with Crippen LogP contribution in [0.25, 0.3) is 0 Å². The second-order valence-corrected chi connectivity index (χ2v) is 4.94. The lowest BCUT2D eigenvalue weighted by Crippen LogP contribution is -1.99. The molecule has 102 valence electrons. The molecule has 0 aliphatic carbocycles. The summed E-state index contributed by atoms with van der Waals surface area (Å²) in [5, 5.41) is 1.56. The molecule has 0 amide bonds. The van der Waals surface area contributed by atoms with Crippen LogP contribution >= 0.6 is 23.2 Å². The molecular formula is C17H20Cl2. The lowest BCUT2D eigenvalue weighted by molar-refractivity contribution is 0.777. The van der Waals surface area contributed by atoms with E-state index in [1.54, 1.807) is 0 Å². The zero-order valence-corrected chi connectivity index (χ0v) is 13.2. The highest BCUT2D eigenvalue weighted by atomic mass is 35.5. The fourth-order valence-corrected chi connectivity index (χ4v) is 2.51. The van der Waals surface area contributed by atoms with Crippen molar-refractivity contribution in [2.75, 3.05) is 0 Å². The molecule has 0 saturated carbocycles. The number of hydrogen-bond acceptors (Lipinski definition) is 0. The molecule has 0 unspecified atom stereocenters. The van der Waals surface area contributed by atoms with Crippen LogP contribution in [0.4, 0.5) is 0 Å². The van der Waals surface area contributed by atoms with Gasteiger partial charge in [0.2, 0.25) is 0 Å². The Morgan fingerprint density at radius 3 is 1.58 bits per heavy atom. The van der Waals surface area contributed by atoms with E-state index in [2.05, 4.69) is 19.1 Å². The van der Waals surface area contributed by atoms with Gasteiger partial charge in [-0.15, -0.1) is 0 Å². The molecule has 0 heterocycles. The van der Waals surface area contributed by atoms with Gasteiger partial charge in [-0.05, 0) is 41.8 Å². The van der Waals surface area contributed by atoms with Crippen molar-refractivity contribution in [3.63, 3.8) is 0 Å². The van der Waals surface area contributed by atoms with E-state index >= 15 is 0 Å². The third kappa shape index (κ3) is 4.56. The number of halogens is 2. The van der Waals surface area contributed by atoms with Crippen molar-refractivity contribution in [2.45, 2.75) is 33.1 Å². The normalized spacial score (nSPS) is 10.0. The highest BCUT2D eigenvalue weighted by Gasteiger charge is 2.12. The van der Waals surface area contributed by atoms with Gasteiger partial charge in [0.1, 0.15) is 0 Å². The van der Waals surface area contributed by atoms with E-state index in [-0.39, 0.29) is 0 Å². The van der Waals surface area contributed by atoms with Crippen LogP contribution in [-0.4, -0.2) is 0 Å². The predicted octanol–water partition coefficient (Wildman–Crippen LogP) is 6.56. The van der Waals surface area contributed by atoms with E-state index < -0.39 is 0 Å². The molecule has 0 fully saturated rings. The van der Waals surface area contributed by atoms with Crippen LogP contribution in [0, 0.1) is 0 Å². The second-order valence-electron chi connectivity index (χ2n) is 4.07. The standard InChI is InChI=1S/C15H14Cl2.C2H6/c1-2-15(11-5-3-7-13(16)9-11)12-6-4-8-14(17)10-12;1-2/h3-10,15H,2H2,1H3;1-2H3. The number of rotatable bonds is 3. The van der Waals surface area contributed by atoms with Gasteiger partial charge < -0.3 is 0 Å². The zero-order valence-electron chi connectivity index (χ0n) is 11.7. The van der Waals surface area contributed by atoms with Crippen molar-refractivity contribution < 1.29 is 0 Å². The van der Waals surface area contributed by atoms with E-state index in [1.165, 1.54) is 11.1 Å². The molecule has 2 heteroatoms. The van der Waals surface area contributed by atoms with Crippen LogP contribution in [-0.2, 0) is 0 Å². The highest BCUT2D eigenvalue weighted by Crippen LogP contribution is 2.30. The lowest BCUT2D eigenvalue weighted by Gasteiger charge is -2.16. The first-order valence-corrected chi connectivity index (χ1v) is 7.47. The Labute approximate surface area is 126 Å². The molecule has 0 aliphatic heterocycles. The number of benzene rings is 2. The van der Waals surface area contributed by atoms with Gasteiger partial charge >= 0.3 is 0 Å².